The number of nitrogens with one attached hydrogen (secondary N) is 1. The molecule has 3 rings (SSSR count). The first-order chi connectivity index (χ1) is 8.80. The first kappa shape index (κ1) is 13.0. The molecule has 3 heteroatoms. The molecule has 0 atom stereocenters. The lowest BCUT2D eigenvalue weighted by atomic mass is 9.91. The molecule has 1 nitrogen and oxygen atoms in total. The van der Waals surface area contributed by atoms with Crippen LogP contribution >= 0.6 is 24.0 Å². The SMILES string of the molecule is S=C1SC2=C(CCCCC2)NC12CCCCCC2. The van der Waals surface area contributed by atoms with Crippen molar-refractivity contribution in [1.29, 1.82) is 0 Å². The Labute approximate surface area is 120 Å². The lowest BCUT2D eigenvalue weighted by molar-refractivity contribution is 0.416. The molecule has 1 aliphatic heterocycles. The third kappa shape index (κ3) is 2.49. The van der Waals surface area contributed by atoms with E-state index >= 15 is 0 Å². The Bertz CT molecular complexity index is 365. The molecule has 1 heterocycles. The summed E-state index contributed by atoms with van der Waals surface area (Å²) in [6.45, 7) is 0. The quantitative estimate of drug-likeness (QED) is 0.633. The van der Waals surface area contributed by atoms with E-state index < -0.39 is 0 Å². The van der Waals surface area contributed by atoms with E-state index in [1.54, 1.807) is 10.6 Å². The van der Waals surface area contributed by atoms with Gasteiger partial charge in [0.1, 0.15) is 0 Å². The van der Waals surface area contributed by atoms with Gasteiger partial charge in [-0.15, -0.1) is 0 Å². The van der Waals surface area contributed by atoms with Gasteiger partial charge in [-0.1, -0.05) is 56.1 Å². The van der Waals surface area contributed by atoms with Crippen LogP contribution in [0.3, 0.4) is 0 Å². The molecule has 1 fully saturated rings. The van der Waals surface area contributed by atoms with Gasteiger partial charge >= 0.3 is 0 Å². The van der Waals surface area contributed by atoms with E-state index in [-0.39, 0.29) is 5.54 Å². The molecule has 0 amide bonds. The summed E-state index contributed by atoms with van der Waals surface area (Å²) in [5.74, 6) is 0. The molecule has 0 aromatic carbocycles. The number of thiocarbonyl (C=S) groups is 1. The van der Waals surface area contributed by atoms with Crippen LogP contribution in [0.2, 0.25) is 0 Å². The summed E-state index contributed by atoms with van der Waals surface area (Å²) in [4.78, 5) is 1.56. The summed E-state index contributed by atoms with van der Waals surface area (Å²) in [5, 5.41) is 3.92. The highest BCUT2D eigenvalue weighted by Crippen LogP contribution is 2.43. The van der Waals surface area contributed by atoms with Gasteiger partial charge in [0.25, 0.3) is 0 Å². The highest BCUT2D eigenvalue weighted by atomic mass is 32.2. The Hall–Kier alpha value is -0.0200. The second-order valence-electron chi connectivity index (χ2n) is 5.97. The van der Waals surface area contributed by atoms with Crippen molar-refractivity contribution >= 4 is 28.2 Å². The van der Waals surface area contributed by atoms with Gasteiger partial charge in [-0.25, -0.2) is 0 Å². The van der Waals surface area contributed by atoms with Gasteiger partial charge in [-0.2, -0.15) is 0 Å². The largest absolute Gasteiger partial charge is 0.377 e. The van der Waals surface area contributed by atoms with Gasteiger partial charge in [-0.05, 0) is 38.5 Å². The molecule has 1 saturated carbocycles. The van der Waals surface area contributed by atoms with Crippen LogP contribution in [0.15, 0.2) is 10.6 Å². The lowest BCUT2D eigenvalue weighted by Gasteiger charge is -2.40. The highest BCUT2D eigenvalue weighted by Gasteiger charge is 2.40. The molecule has 3 aliphatic rings. The fourth-order valence-electron chi connectivity index (χ4n) is 3.51. The molecule has 2 aliphatic carbocycles. The minimum Gasteiger partial charge on any atom is -0.377 e. The summed E-state index contributed by atoms with van der Waals surface area (Å²) >= 11 is 7.72. The van der Waals surface area contributed by atoms with Crippen LogP contribution in [-0.4, -0.2) is 9.74 Å². The molecule has 100 valence electrons. The molecular formula is C15H23NS2. The van der Waals surface area contributed by atoms with Crippen LogP contribution in [0.1, 0.15) is 70.6 Å². The van der Waals surface area contributed by atoms with Crippen LogP contribution in [0.25, 0.3) is 0 Å². The first-order valence-corrected chi connectivity index (χ1v) is 8.75. The van der Waals surface area contributed by atoms with E-state index in [0.29, 0.717) is 0 Å². The molecule has 0 saturated heterocycles. The van der Waals surface area contributed by atoms with E-state index in [4.69, 9.17) is 12.2 Å². The van der Waals surface area contributed by atoms with Crippen LogP contribution < -0.4 is 5.32 Å². The summed E-state index contributed by atoms with van der Waals surface area (Å²) in [5.41, 5.74) is 1.72. The molecule has 0 aromatic heterocycles. The molecule has 0 radical (unpaired) electrons. The fourth-order valence-corrected chi connectivity index (χ4v) is 5.26. The number of thioether (sulfide) groups is 1. The van der Waals surface area contributed by atoms with Gasteiger partial charge in [0.2, 0.25) is 0 Å². The monoisotopic (exact) mass is 281 g/mol. The molecule has 1 N–H and O–H groups in total. The summed E-state index contributed by atoms with van der Waals surface area (Å²) in [6, 6.07) is 0. The summed E-state index contributed by atoms with van der Waals surface area (Å²) < 4.78 is 1.24. The van der Waals surface area contributed by atoms with E-state index in [1.165, 1.54) is 74.8 Å². The Morgan fingerprint density at radius 3 is 2.33 bits per heavy atom. The zero-order valence-corrected chi connectivity index (χ0v) is 12.7. The smallest absolute Gasteiger partial charge is 0.0786 e. The van der Waals surface area contributed by atoms with Crippen LogP contribution in [0, 0.1) is 0 Å². The summed E-state index contributed by atoms with van der Waals surface area (Å²) in [7, 11) is 0. The molecule has 0 bridgehead atoms. The predicted molar refractivity (Wildman–Crippen MR) is 83.9 cm³/mol. The Balaban J connectivity index is 1.85. The van der Waals surface area contributed by atoms with E-state index in [0.717, 1.165) is 0 Å². The maximum atomic E-state index is 5.78. The van der Waals surface area contributed by atoms with Crippen molar-refractivity contribution in [2.45, 2.75) is 76.2 Å². The van der Waals surface area contributed by atoms with E-state index in [9.17, 15) is 0 Å². The normalized spacial score (nSPS) is 28.3. The molecule has 0 aromatic rings. The zero-order valence-electron chi connectivity index (χ0n) is 11.1. The minimum atomic E-state index is 0.166. The van der Waals surface area contributed by atoms with Crippen LogP contribution in [-0.2, 0) is 0 Å². The van der Waals surface area contributed by atoms with Gasteiger partial charge in [0.05, 0.1) is 9.74 Å². The third-order valence-corrected chi connectivity index (χ3v) is 6.53. The van der Waals surface area contributed by atoms with Gasteiger partial charge in [0, 0.05) is 10.6 Å². The van der Waals surface area contributed by atoms with Crippen molar-refractivity contribution < 1.29 is 0 Å². The number of hydrogen-bond acceptors (Lipinski definition) is 3. The highest BCUT2D eigenvalue weighted by molar-refractivity contribution is 8.25. The molecular weight excluding hydrogens is 258 g/mol. The van der Waals surface area contributed by atoms with Crippen LogP contribution in [0.5, 0.6) is 0 Å². The maximum absolute atomic E-state index is 5.78. The zero-order chi connectivity index (χ0) is 12.4. The second kappa shape index (κ2) is 5.54. The van der Waals surface area contributed by atoms with E-state index in [1.807, 2.05) is 11.8 Å². The van der Waals surface area contributed by atoms with Crippen molar-refractivity contribution in [1.82, 2.24) is 5.32 Å². The lowest BCUT2D eigenvalue weighted by Crippen LogP contribution is -2.51. The fraction of sp³-hybridized carbons (Fsp3) is 0.800. The van der Waals surface area contributed by atoms with Crippen molar-refractivity contribution in [3.63, 3.8) is 0 Å². The van der Waals surface area contributed by atoms with Crippen molar-refractivity contribution in [3.05, 3.63) is 10.6 Å². The maximum Gasteiger partial charge on any atom is 0.0786 e. The Morgan fingerprint density at radius 2 is 1.56 bits per heavy atom. The molecule has 0 unspecified atom stereocenters. The number of allylic oxidation sites excluding steroid dienone is 2. The Kier molecular flexibility index (Phi) is 4.00. The van der Waals surface area contributed by atoms with Gasteiger partial charge in [0.15, 0.2) is 0 Å². The third-order valence-electron chi connectivity index (χ3n) is 4.62. The standard InChI is InChI=1S/C15H23NS2/c17-14-15(10-6-1-2-7-11-15)16-12-8-4-3-5-9-13(12)18-14/h16H,1-11H2. The van der Waals surface area contributed by atoms with Gasteiger partial charge in [-0.3, -0.25) is 0 Å². The first-order valence-electron chi connectivity index (χ1n) is 7.53. The second-order valence-corrected chi connectivity index (χ2v) is 7.75. The number of hydrogen-bond donors (Lipinski definition) is 1. The average molecular weight is 281 g/mol. The van der Waals surface area contributed by atoms with E-state index in [2.05, 4.69) is 5.32 Å². The molecule has 18 heavy (non-hydrogen) atoms. The molecule has 1 spiro atoms. The average Bonchev–Trinajstić information content (AvgIpc) is 2.72. The topological polar surface area (TPSA) is 12.0 Å². The van der Waals surface area contributed by atoms with Gasteiger partial charge < -0.3 is 5.32 Å². The summed E-state index contributed by atoms with van der Waals surface area (Å²) in [6.07, 6.45) is 14.6. The van der Waals surface area contributed by atoms with Crippen molar-refractivity contribution in [2.75, 3.05) is 0 Å². The number of rotatable bonds is 0. The van der Waals surface area contributed by atoms with Crippen molar-refractivity contribution in [2.24, 2.45) is 0 Å². The predicted octanol–water partition coefficient (Wildman–Crippen LogP) is 4.92. The van der Waals surface area contributed by atoms with Crippen LogP contribution in [0.4, 0.5) is 0 Å². The van der Waals surface area contributed by atoms with Crippen molar-refractivity contribution in [3.8, 4) is 0 Å². The minimum absolute atomic E-state index is 0.166. The Morgan fingerprint density at radius 1 is 0.889 bits per heavy atom.